The molecule has 0 bridgehead atoms. The molecule has 26 heavy (non-hydrogen) atoms. The van der Waals surface area contributed by atoms with Gasteiger partial charge in [0, 0.05) is 56.2 Å². The van der Waals surface area contributed by atoms with E-state index in [9.17, 15) is 4.79 Å². The molecule has 3 heterocycles. The molecule has 6 heteroatoms. The lowest BCUT2D eigenvalue weighted by molar-refractivity contribution is 0.0929. The lowest BCUT2D eigenvalue weighted by atomic mass is 10.0. The SMILES string of the molecule is Cc1cnc(-c2ccccc2)n1CC1CN(C(=O)NCC2CCCO2)C1. The molecule has 1 atom stereocenters. The normalized spacial score (nSPS) is 20.2. The van der Waals surface area contributed by atoms with Crippen LogP contribution in [0.1, 0.15) is 18.5 Å². The molecule has 0 radical (unpaired) electrons. The summed E-state index contributed by atoms with van der Waals surface area (Å²) in [6, 6.07) is 10.3. The van der Waals surface area contributed by atoms with E-state index in [4.69, 9.17) is 4.74 Å². The molecule has 1 aromatic heterocycles. The predicted molar refractivity (Wildman–Crippen MR) is 99.8 cm³/mol. The average molecular weight is 354 g/mol. The fourth-order valence-electron chi connectivity index (χ4n) is 3.74. The van der Waals surface area contributed by atoms with Crippen LogP contribution in [0.5, 0.6) is 0 Å². The second-order valence-corrected chi connectivity index (χ2v) is 7.29. The maximum atomic E-state index is 12.2. The molecule has 1 aromatic carbocycles. The molecular formula is C20H26N4O2. The third-order valence-electron chi connectivity index (χ3n) is 5.28. The van der Waals surface area contributed by atoms with Gasteiger partial charge in [-0.05, 0) is 19.8 Å². The average Bonchev–Trinajstić information content (AvgIpc) is 3.26. The molecule has 0 aliphatic carbocycles. The molecule has 2 aliphatic heterocycles. The molecule has 2 saturated heterocycles. The first kappa shape index (κ1) is 17.1. The van der Waals surface area contributed by atoms with E-state index < -0.39 is 0 Å². The summed E-state index contributed by atoms with van der Waals surface area (Å²) in [5.74, 6) is 1.48. The predicted octanol–water partition coefficient (Wildman–Crippen LogP) is 2.68. The molecular weight excluding hydrogens is 328 g/mol. The smallest absolute Gasteiger partial charge is 0.317 e. The molecule has 4 rings (SSSR count). The number of rotatable bonds is 5. The van der Waals surface area contributed by atoms with Crippen molar-refractivity contribution in [3.05, 3.63) is 42.2 Å². The van der Waals surface area contributed by atoms with Crippen LogP contribution in [-0.4, -0.2) is 52.8 Å². The van der Waals surface area contributed by atoms with Crippen molar-refractivity contribution in [2.45, 2.75) is 32.4 Å². The zero-order chi connectivity index (χ0) is 17.9. The Morgan fingerprint density at radius 3 is 2.85 bits per heavy atom. The number of urea groups is 1. The van der Waals surface area contributed by atoms with E-state index in [0.29, 0.717) is 12.5 Å². The monoisotopic (exact) mass is 354 g/mol. The van der Waals surface area contributed by atoms with Crippen LogP contribution >= 0.6 is 0 Å². The number of nitrogens with one attached hydrogen (secondary N) is 1. The molecule has 1 N–H and O–H groups in total. The fourth-order valence-corrected chi connectivity index (χ4v) is 3.74. The van der Waals surface area contributed by atoms with Gasteiger partial charge in [0.25, 0.3) is 0 Å². The highest BCUT2D eigenvalue weighted by Crippen LogP contribution is 2.24. The van der Waals surface area contributed by atoms with Crippen molar-refractivity contribution in [1.82, 2.24) is 19.8 Å². The van der Waals surface area contributed by atoms with Gasteiger partial charge in [-0.3, -0.25) is 0 Å². The number of benzene rings is 1. The minimum Gasteiger partial charge on any atom is -0.376 e. The van der Waals surface area contributed by atoms with E-state index in [0.717, 1.165) is 56.2 Å². The van der Waals surface area contributed by atoms with E-state index in [1.54, 1.807) is 0 Å². The van der Waals surface area contributed by atoms with Crippen molar-refractivity contribution in [2.24, 2.45) is 5.92 Å². The standard InChI is InChI=1S/C20H26N4O2/c1-15-10-21-19(17-6-3-2-4-7-17)24(15)14-16-12-23(13-16)20(25)22-11-18-8-5-9-26-18/h2-4,6-7,10,16,18H,5,8-9,11-14H2,1H3,(H,22,25). The number of aromatic nitrogens is 2. The molecule has 1 unspecified atom stereocenters. The van der Waals surface area contributed by atoms with E-state index in [1.165, 1.54) is 0 Å². The minimum absolute atomic E-state index is 0.0300. The van der Waals surface area contributed by atoms with Gasteiger partial charge in [0.2, 0.25) is 0 Å². The molecule has 2 amide bonds. The Bertz CT molecular complexity index is 746. The molecule has 138 valence electrons. The van der Waals surface area contributed by atoms with Crippen LogP contribution in [0.2, 0.25) is 0 Å². The number of carbonyl (C=O) groups excluding carboxylic acids is 1. The molecule has 6 nitrogen and oxygen atoms in total. The largest absolute Gasteiger partial charge is 0.376 e. The van der Waals surface area contributed by atoms with E-state index >= 15 is 0 Å². The van der Waals surface area contributed by atoms with E-state index in [-0.39, 0.29) is 12.1 Å². The minimum atomic E-state index is 0.0300. The van der Waals surface area contributed by atoms with Gasteiger partial charge in [0.1, 0.15) is 5.82 Å². The summed E-state index contributed by atoms with van der Waals surface area (Å²) in [7, 11) is 0. The summed E-state index contributed by atoms with van der Waals surface area (Å²) in [4.78, 5) is 18.7. The number of carbonyl (C=O) groups is 1. The summed E-state index contributed by atoms with van der Waals surface area (Å²) in [6.07, 6.45) is 4.26. The Morgan fingerprint density at radius 1 is 1.31 bits per heavy atom. The third kappa shape index (κ3) is 3.60. The molecule has 2 aromatic rings. The van der Waals surface area contributed by atoms with Gasteiger partial charge in [0.05, 0.1) is 6.10 Å². The van der Waals surface area contributed by atoms with Crippen LogP contribution in [-0.2, 0) is 11.3 Å². The highest BCUT2D eigenvalue weighted by Gasteiger charge is 2.32. The fraction of sp³-hybridized carbons (Fsp3) is 0.500. The summed E-state index contributed by atoms with van der Waals surface area (Å²) < 4.78 is 7.82. The van der Waals surface area contributed by atoms with E-state index in [1.807, 2.05) is 29.3 Å². The summed E-state index contributed by atoms with van der Waals surface area (Å²) in [5.41, 5.74) is 2.29. The van der Waals surface area contributed by atoms with Crippen LogP contribution < -0.4 is 5.32 Å². The zero-order valence-corrected chi connectivity index (χ0v) is 15.2. The van der Waals surface area contributed by atoms with Crippen LogP contribution in [0.25, 0.3) is 11.4 Å². The van der Waals surface area contributed by atoms with Crippen molar-refractivity contribution in [2.75, 3.05) is 26.2 Å². The first-order valence-corrected chi connectivity index (χ1v) is 9.42. The topological polar surface area (TPSA) is 59.4 Å². The number of ether oxygens (including phenoxy) is 1. The Labute approximate surface area is 154 Å². The number of amides is 2. The maximum absolute atomic E-state index is 12.2. The van der Waals surface area contributed by atoms with Crippen molar-refractivity contribution >= 4 is 6.03 Å². The van der Waals surface area contributed by atoms with Crippen molar-refractivity contribution in [3.63, 3.8) is 0 Å². The summed E-state index contributed by atoms with van der Waals surface area (Å²) in [6.45, 7) is 6.02. The number of imidazole rings is 1. The molecule has 2 fully saturated rings. The van der Waals surface area contributed by atoms with Gasteiger partial charge in [-0.15, -0.1) is 0 Å². The first-order chi connectivity index (χ1) is 12.7. The Hall–Kier alpha value is -2.34. The van der Waals surface area contributed by atoms with Gasteiger partial charge in [0.15, 0.2) is 0 Å². The van der Waals surface area contributed by atoms with Crippen LogP contribution in [0.4, 0.5) is 4.79 Å². The lowest BCUT2D eigenvalue weighted by Gasteiger charge is -2.39. The van der Waals surface area contributed by atoms with Crippen molar-refractivity contribution < 1.29 is 9.53 Å². The molecule has 0 saturated carbocycles. The Balaban J connectivity index is 1.30. The second kappa shape index (κ2) is 7.50. The quantitative estimate of drug-likeness (QED) is 0.898. The van der Waals surface area contributed by atoms with E-state index in [2.05, 4.69) is 33.9 Å². The Kier molecular flexibility index (Phi) is 4.93. The molecule has 2 aliphatic rings. The number of hydrogen-bond donors (Lipinski definition) is 1. The van der Waals surface area contributed by atoms with Gasteiger partial charge in [-0.25, -0.2) is 9.78 Å². The van der Waals surface area contributed by atoms with Gasteiger partial charge >= 0.3 is 6.03 Å². The Morgan fingerprint density at radius 2 is 2.12 bits per heavy atom. The van der Waals surface area contributed by atoms with Gasteiger partial charge < -0.3 is 19.5 Å². The number of hydrogen-bond acceptors (Lipinski definition) is 3. The zero-order valence-electron chi connectivity index (χ0n) is 15.2. The molecule has 0 spiro atoms. The maximum Gasteiger partial charge on any atom is 0.317 e. The van der Waals surface area contributed by atoms with Crippen LogP contribution in [0, 0.1) is 12.8 Å². The highest BCUT2D eigenvalue weighted by molar-refractivity contribution is 5.75. The van der Waals surface area contributed by atoms with Crippen LogP contribution in [0.15, 0.2) is 36.5 Å². The summed E-state index contributed by atoms with van der Waals surface area (Å²) >= 11 is 0. The van der Waals surface area contributed by atoms with Crippen molar-refractivity contribution in [1.29, 1.82) is 0 Å². The number of likely N-dealkylation sites (tertiary alicyclic amines) is 1. The van der Waals surface area contributed by atoms with Crippen LogP contribution in [0.3, 0.4) is 0 Å². The summed E-state index contributed by atoms with van der Waals surface area (Å²) in [5, 5.41) is 3.00. The first-order valence-electron chi connectivity index (χ1n) is 9.42. The van der Waals surface area contributed by atoms with Crippen molar-refractivity contribution in [3.8, 4) is 11.4 Å². The third-order valence-corrected chi connectivity index (χ3v) is 5.28. The number of aryl methyl sites for hydroxylation is 1. The highest BCUT2D eigenvalue weighted by atomic mass is 16.5. The number of nitrogens with zero attached hydrogens (tertiary/aromatic N) is 3. The van der Waals surface area contributed by atoms with Gasteiger partial charge in [-0.1, -0.05) is 30.3 Å². The van der Waals surface area contributed by atoms with Gasteiger partial charge in [-0.2, -0.15) is 0 Å². The lowest BCUT2D eigenvalue weighted by Crippen LogP contribution is -2.55. The second-order valence-electron chi connectivity index (χ2n) is 7.29.